The molecule has 1 aliphatic carbocycles. The average Bonchev–Trinajstić information content (AvgIpc) is 2.49. The van der Waals surface area contributed by atoms with Gasteiger partial charge in [0.25, 0.3) is 0 Å². The van der Waals surface area contributed by atoms with E-state index >= 15 is 0 Å². The van der Waals surface area contributed by atoms with Gasteiger partial charge in [0, 0.05) is 0 Å². The summed E-state index contributed by atoms with van der Waals surface area (Å²) in [7, 11) is 0. The molecule has 1 unspecified atom stereocenters. The van der Waals surface area contributed by atoms with Crippen LogP contribution in [-0.2, 0) is 0 Å². The van der Waals surface area contributed by atoms with Crippen LogP contribution in [0, 0.1) is 5.41 Å². The Morgan fingerprint density at radius 1 is 1.42 bits per heavy atom. The van der Waals surface area contributed by atoms with Gasteiger partial charge in [-0.2, -0.15) is 0 Å². The first-order chi connectivity index (χ1) is 5.66. The van der Waals surface area contributed by atoms with Crippen LogP contribution in [0.25, 0.3) is 0 Å². The molecule has 1 rings (SSSR count). The molecule has 1 atom stereocenters. The molecule has 1 nitrogen and oxygen atoms in total. The van der Waals surface area contributed by atoms with Crippen molar-refractivity contribution in [2.75, 3.05) is 0 Å². The minimum Gasteiger partial charge on any atom is -0.389 e. The zero-order valence-corrected chi connectivity index (χ0v) is 8.21. The minimum absolute atomic E-state index is 0.234. The summed E-state index contributed by atoms with van der Waals surface area (Å²) >= 11 is 0. The zero-order valence-electron chi connectivity index (χ0n) is 8.21. The van der Waals surface area contributed by atoms with Gasteiger partial charge in [-0.3, -0.25) is 0 Å². The second-order valence-electron chi connectivity index (χ2n) is 4.20. The molecule has 0 radical (unpaired) electrons. The van der Waals surface area contributed by atoms with Crippen LogP contribution in [0.15, 0.2) is 12.2 Å². The Bertz CT molecular complexity index is 154. The molecule has 1 aliphatic rings. The van der Waals surface area contributed by atoms with Crippen molar-refractivity contribution in [1.29, 1.82) is 0 Å². The Morgan fingerprint density at radius 2 is 2.00 bits per heavy atom. The lowest BCUT2D eigenvalue weighted by Crippen LogP contribution is -2.08. The van der Waals surface area contributed by atoms with Crippen molar-refractivity contribution in [3.8, 4) is 0 Å². The number of aliphatic hydroxyl groups excluding tert-OH is 1. The standard InChI is InChI=1S/C11H20O/c1-3-10(12)6-9-11(2)7-4-5-8-11/h6,9-10,12H,3-5,7-8H2,1-2H3/b9-6+. The summed E-state index contributed by atoms with van der Waals surface area (Å²) in [6.07, 6.45) is 10.1. The van der Waals surface area contributed by atoms with E-state index < -0.39 is 0 Å². The number of hydrogen-bond acceptors (Lipinski definition) is 1. The van der Waals surface area contributed by atoms with E-state index in [2.05, 4.69) is 13.0 Å². The van der Waals surface area contributed by atoms with Crippen LogP contribution in [0.2, 0.25) is 0 Å². The molecular formula is C11H20O. The van der Waals surface area contributed by atoms with Crippen molar-refractivity contribution in [3.63, 3.8) is 0 Å². The first-order valence-corrected chi connectivity index (χ1v) is 5.04. The topological polar surface area (TPSA) is 20.2 Å². The first kappa shape index (κ1) is 9.79. The Hall–Kier alpha value is -0.300. The first-order valence-electron chi connectivity index (χ1n) is 5.04. The predicted molar refractivity (Wildman–Crippen MR) is 52.0 cm³/mol. The van der Waals surface area contributed by atoms with Crippen LogP contribution >= 0.6 is 0 Å². The summed E-state index contributed by atoms with van der Waals surface area (Å²) < 4.78 is 0. The van der Waals surface area contributed by atoms with Gasteiger partial charge in [-0.15, -0.1) is 0 Å². The third kappa shape index (κ3) is 2.63. The number of allylic oxidation sites excluding steroid dienone is 1. The maximum atomic E-state index is 9.35. The van der Waals surface area contributed by atoms with Crippen LogP contribution in [0.3, 0.4) is 0 Å². The van der Waals surface area contributed by atoms with Gasteiger partial charge in [0.05, 0.1) is 6.10 Å². The summed E-state index contributed by atoms with van der Waals surface area (Å²) in [6.45, 7) is 4.30. The Labute approximate surface area is 75.5 Å². The number of hydrogen-bond donors (Lipinski definition) is 1. The highest BCUT2D eigenvalue weighted by Gasteiger charge is 2.25. The van der Waals surface area contributed by atoms with Crippen molar-refractivity contribution in [2.24, 2.45) is 5.41 Å². The van der Waals surface area contributed by atoms with Gasteiger partial charge in [0.15, 0.2) is 0 Å². The second kappa shape index (κ2) is 4.08. The highest BCUT2D eigenvalue weighted by molar-refractivity contribution is 5.02. The van der Waals surface area contributed by atoms with Gasteiger partial charge in [-0.1, -0.05) is 38.8 Å². The van der Waals surface area contributed by atoms with Gasteiger partial charge < -0.3 is 5.11 Å². The third-order valence-corrected chi connectivity index (χ3v) is 2.88. The molecule has 0 saturated heterocycles. The monoisotopic (exact) mass is 168 g/mol. The summed E-state index contributed by atoms with van der Waals surface area (Å²) in [4.78, 5) is 0. The van der Waals surface area contributed by atoms with Crippen molar-refractivity contribution in [3.05, 3.63) is 12.2 Å². The van der Waals surface area contributed by atoms with Crippen LogP contribution in [0.4, 0.5) is 0 Å². The Balaban J connectivity index is 2.42. The quantitative estimate of drug-likeness (QED) is 0.642. The molecular weight excluding hydrogens is 148 g/mol. The van der Waals surface area contributed by atoms with Gasteiger partial charge in [-0.05, 0) is 24.7 Å². The number of rotatable bonds is 3. The summed E-state index contributed by atoms with van der Waals surface area (Å²) in [6, 6.07) is 0. The lowest BCUT2D eigenvalue weighted by Gasteiger charge is -2.18. The smallest absolute Gasteiger partial charge is 0.0718 e. The van der Waals surface area contributed by atoms with E-state index in [-0.39, 0.29) is 6.10 Å². The molecule has 1 fully saturated rings. The van der Waals surface area contributed by atoms with Crippen molar-refractivity contribution in [1.82, 2.24) is 0 Å². The second-order valence-corrected chi connectivity index (χ2v) is 4.20. The van der Waals surface area contributed by atoms with E-state index in [1.54, 1.807) is 0 Å². The molecule has 1 N–H and O–H groups in total. The fourth-order valence-electron chi connectivity index (χ4n) is 1.83. The molecule has 12 heavy (non-hydrogen) atoms. The lowest BCUT2D eigenvalue weighted by atomic mass is 9.88. The van der Waals surface area contributed by atoms with Gasteiger partial charge in [-0.25, -0.2) is 0 Å². The van der Waals surface area contributed by atoms with Crippen LogP contribution < -0.4 is 0 Å². The van der Waals surface area contributed by atoms with E-state index in [1.165, 1.54) is 25.7 Å². The fourth-order valence-corrected chi connectivity index (χ4v) is 1.83. The van der Waals surface area contributed by atoms with Crippen molar-refractivity contribution < 1.29 is 5.11 Å². The molecule has 0 spiro atoms. The van der Waals surface area contributed by atoms with Gasteiger partial charge in [0.1, 0.15) is 0 Å². The molecule has 0 amide bonds. The molecule has 1 saturated carbocycles. The summed E-state index contributed by atoms with van der Waals surface area (Å²) in [5, 5.41) is 9.35. The maximum Gasteiger partial charge on any atom is 0.0718 e. The largest absolute Gasteiger partial charge is 0.389 e. The van der Waals surface area contributed by atoms with Crippen LogP contribution in [0.1, 0.15) is 46.0 Å². The fraction of sp³-hybridized carbons (Fsp3) is 0.818. The molecule has 0 bridgehead atoms. The highest BCUT2D eigenvalue weighted by atomic mass is 16.3. The SMILES string of the molecule is CCC(O)/C=C/C1(C)CCCC1. The molecule has 0 aromatic carbocycles. The predicted octanol–water partition coefficient (Wildman–Crippen LogP) is 2.89. The average molecular weight is 168 g/mol. The van der Waals surface area contributed by atoms with Crippen molar-refractivity contribution >= 4 is 0 Å². The molecule has 1 heteroatoms. The van der Waals surface area contributed by atoms with Gasteiger partial charge >= 0.3 is 0 Å². The minimum atomic E-state index is -0.234. The lowest BCUT2D eigenvalue weighted by molar-refractivity contribution is 0.217. The van der Waals surface area contributed by atoms with Crippen LogP contribution in [0.5, 0.6) is 0 Å². The van der Waals surface area contributed by atoms with E-state index in [0.717, 1.165) is 6.42 Å². The van der Waals surface area contributed by atoms with Crippen molar-refractivity contribution in [2.45, 2.75) is 52.1 Å². The normalized spacial score (nSPS) is 24.9. The van der Waals surface area contributed by atoms with E-state index in [1.807, 2.05) is 13.0 Å². The third-order valence-electron chi connectivity index (χ3n) is 2.88. The van der Waals surface area contributed by atoms with Crippen LogP contribution in [-0.4, -0.2) is 11.2 Å². The molecule has 0 aromatic rings. The molecule has 0 heterocycles. The summed E-state index contributed by atoms with van der Waals surface area (Å²) in [5.74, 6) is 0. The van der Waals surface area contributed by atoms with E-state index in [4.69, 9.17) is 0 Å². The number of aliphatic hydroxyl groups is 1. The molecule has 70 valence electrons. The zero-order chi connectivity index (χ0) is 9.03. The van der Waals surface area contributed by atoms with E-state index in [0.29, 0.717) is 5.41 Å². The molecule has 0 aromatic heterocycles. The van der Waals surface area contributed by atoms with E-state index in [9.17, 15) is 5.11 Å². The Kier molecular flexibility index (Phi) is 3.33. The highest BCUT2D eigenvalue weighted by Crippen LogP contribution is 2.38. The summed E-state index contributed by atoms with van der Waals surface area (Å²) in [5.41, 5.74) is 0.385. The Morgan fingerprint density at radius 3 is 2.50 bits per heavy atom. The maximum absolute atomic E-state index is 9.35. The van der Waals surface area contributed by atoms with Gasteiger partial charge in [0.2, 0.25) is 0 Å². The molecule has 0 aliphatic heterocycles.